The van der Waals surface area contributed by atoms with Crippen molar-refractivity contribution in [3.63, 3.8) is 0 Å². The first-order chi connectivity index (χ1) is 16.0. The molecule has 7 nitrogen and oxygen atoms in total. The van der Waals surface area contributed by atoms with E-state index in [2.05, 4.69) is 34.5 Å². The second-order valence-electron chi connectivity index (χ2n) is 9.90. The quantitative estimate of drug-likeness (QED) is 0.679. The fraction of sp³-hybridized carbons (Fsp3) is 0.577. The molecule has 33 heavy (non-hydrogen) atoms. The van der Waals surface area contributed by atoms with Gasteiger partial charge in [-0.1, -0.05) is 31.4 Å². The van der Waals surface area contributed by atoms with Gasteiger partial charge < -0.3 is 19.9 Å². The molecule has 3 heterocycles. The van der Waals surface area contributed by atoms with Gasteiger partial charge in [-0.3, -0.25) is 4.79 Å². The Labute approximate surface area is 196 Å². The topological polar surface area (TPSA) is 70.6 Å². The molecule has 0 radical (unpaired) electrons. The van der Waals surface area contributed by atoms with Crippen LogP contribution < -0.4 is 10.2 Å². The van der Waals surface area contributed by atoms with Crippen LogP contribution in [0.2, 0.25) is 0 Å². The summed E-state index contributed by atoms with van der Waals surface area (Å²) in [4.78, 5) is 26.7. The van der Waals surface area contributed by atoms with Crippen molar-refractivity contribution in [3.05, 3.63) is 41.1 Å². The second-order valence-corrected chi connectivity index (χ2v) is 9.90. The summed E-state index contributed by atoms with van der Waals surface area (Å²) in [5, 5.41) is 3.52. The summed E-state index contributed by atoms with van der Waals surface area (Å²) >= 11 is 0. The number of hydrogen-bond acceptors (Lipinski definition) is 6. The lowest BCUT2D eigenvalue weighted by Gasteiger charge is -2.22. The average Bonchev–Trinajstić information content (AvgIpc) is 3.45. The van der Waals surface area contributed by atoms with Crippen LogP contribution in [-0.2, 0) is 11.3 Å². The lowest BCUT2D eigenvalue weighted by molar-refractivity contribution is 0.0726. The van der Waals surface area contributed by atoms with Crippen molar-refractivity contribution in [1.29, 1.82) is 0 Å². The molecule has 2 aliphatic heterocycles. The average molecular weight is 450 g/mol. The van der Waals surface area contributed by atoms with E-state index < -0.39 is 0 Å². The normalized spacial score (nSPS) is 21.2. The maximum atomic E-state index is 13.1. The van der Waals surface area contributed by atoms with Crippen LogP contribution in [0.5, 0.6) is 0 Å². The number of carbonyl (C=O) groups is 1. The molecule has 1 saturated carbocycles. The number of methoxy groups -OCH3 is 1. The molecule has 3 aliphatic rings. The standard InChI is InChI=1S/C26H35N5O2/c1-17(2)31-16-22-23(25(31)32)28-26(30-14-13-21(15-30)33-3)29-24(22)27-20-11-9-19(10-12-20)18-7-5-4-6-8-18/h9-12,17-18,21H,4-8,13-16H2,1-3H3,(H,27,28,29). The van der Waals surface area contributed by atoms with E-state index in [1.54, 1.807) is 7.11 Å². The van der Waals surface area contributed by atoms with Gasteiger partial charge in [0.05, 0.1) is 12.6 Å². The monoisotopic (exact) mass is 449 g/mol. The molecule has 1 saturated heterocycles. The molecular formula is C26H35N5O2. The molecule has 5 rings (SSSR count). The number of amides is 1. The number of anilines is 3. The predicted molar refractivity (Wildman–Crippen MR) is 130 cm³/mol. The highest BCUT2D eigenvalue weighted by Crippen LogP contribution is 2.35. The number of nitrogens with zero attached hydrogens (tertiary/aromatic N) is 4. The summed E-state index contributed by atoms with van der Waals surface area (Å²) in [6, 6.07) is 8.89. The molecule has 1 atom stereocenters. The zero-order chi connectivity index (χ0) is 22.9. The van der Waals surface area contributed by atoms with E-state index in [1.807, 2.05) is 18.7 Å². The molecule has 1 aromatic heterocycles. The Morgan fingerprint density at radius 3 is 2.48 bits per heavy atom. The highest BCUT2D eigenvalue weighted by molar-refractivity contribution is 5.98. The van der Waals surface area contributed by atoms with Crippen molar-refractivity contribution in [2.24, 2.45) is 0 Å². The Morgan fingerprint density at radius 1 is 1.06 bits per heavy atom. The molecule has 2 aromatic rings. The fourth-order valence-electron chi connectivity index (χ4n) is 5.35. The highest BCUT2D eigenvalue weighted by Gasteiger charge is 2.35. The first-order valence-corrected chi connectivity index (χ1v) is 12.4. The van der Waals surface area contributed by atoms with Gasteiger partial charge in [-0.15, -0.1) is 0 Å². The van der Waals surface area contributed by atoms with E-state index in [-0.39, 0.29) is 18.1 Å². The Balaban J connectivity index is 1.43. The van der Waals surface area contributed by atoms with Crippen LogP contribution in [0, 0.1) is 0 Å². The first kappa shape index (κ1) is 22.1. The number of ether oxygens (including phenoxy) is 1. The number of hydrogen-bond donors (Lipinski definition) is 1. The molecule has 176 valence electrons. The molecule has 7 heteroatoms. The number of nitrogens with one attached hydrogen (secondary N) is 1. The number of rotatable bonds is 6. The van der Waals surface area contributed by atoms with Gasteiger partial charge in [-0.05, 0) is 56.7 Å². The van der Waals surface area contributed by atoms with Crippen LogP contribution in [0.15, 0.2) is 24.3 Å². The van der Waals surface area contributed by atoms with Gasteiger partial charge in [0.1, 0.15) is 11.5 Å². The summed E-state index contributed by atoms with van der Waals surface area (Å²) in [6.45, 7) is 6.19. The number of fused-ring (bicyclic) bond motifs is 1. The summed E-state index contributed by atoms with van der Waals surface area (Å²) in [7, 11) is 1.74. The fourth-order valence-corrected chi connectivity index (χ4v) is 5.35. The minimum Gasteiger partial charge on any atom is -0.380 e. The molecule has 1 aliphatic carbocycles. The van der Waals surface area contributed by atoms with E-state index in [9.17, 15) is 4.79 Å². The van der Waals surface area contributed by atoms with Gasteiger partial charge in [-0.25, -0.2) is 4.98 Å². The minimum atomic E-state index is -0.0122. The Hall–Kier alpha value is -2.67. The molecule has 1 aromatic carbocycles. The number of benzene rings is 1. The minimum absolute atomic E-state index is 0.0122. The molecule has 0 bridgehead atoms. The van der Waals surface area contributed by atoms with E-state index >= 15 is 0 Å². The van der Waals surface area contributed by atoms with Gasteiger partial charge in [0.2, 0.25) is 5.95 Å². The molecule has 1 amide bonds. The molecule has 1 unspecified atom stereocenters. The summed E-state index contributed by atoms with van der Waals surface area (Å²) in [5.41, 5.74) is 3.83. The van der Waals surface area contributed by atoms with Gasteiger partial charge in [0.15, 0.2) is 0 Å². The van der Waals surface area contributed by atoms with Crippen molar-refractivity contribution in [3.8, 4) is 0 Å². The third kappa shape index (κ3) is 4.43. The Kier molecular flexibility index (Phi) is 6.23. The van der Waals surface area contributed by atoms with E-state index in [0.29, 0.717) is 24.1 Å². The lowest BCUT2D eigenvalue weighted by atomic mass is 9.84. The second kappa shape index (κ2) is 9.29. The number of carbonyl (C=O) groups excluding carboxylic acids is 1. The van der Waals surface area contributed by atoms with E-state index in [1.165, 1.54) is 37.7 Å². The van der Waals surface area contributed by atoms with Crippen LogP contribution >= 0.6 is 0 Å². The third-order valence-corrected chi connectivity index (χ3v) is 7.42. The van der Waals surface area contributed by atoms with E-state index in [4.69, 9.17) is 14.7 Å². The Bertz CT molecular complexity index is 1000. The molecular weight excluding hydrogens is 414 g/mol. The molecule has 0 spiro atoms. The van der Waals surface area contributed by atoms with Gasteiger partial charge >= 0.3 is 0 Å². The maximum Gasteiger partial charge on any atom is 0.273 e. The van der Waals surface area contributed by atoms with Crippen LogP contribution in [0.25, 0.3) is 0 Å². The summed E-state index contributed by atoms with van der Waals surface area (Å²) < 4.78 is 5.52. The summed E-state index contributed by atoms with van der Waals surface area (Å²) in [6.07, 6.45) is 7.73. The van der Waals surface area contributed by atoms with Crippen molar-refractivity contribution in [2.75, 3.05) is 30.4 Å². The van der Waals surface area contributed by atoms with Crippen LogP contribution in [0.4, 0.5) is 17.5 Å². The molecule has 2 fully saturated rings. The zero-order valence-corrected chi connectivity index (χ0v) is 20.0. The highest BCUT2D eigenvalue weighted by atomic mass is 16.5. The largest absolute Gasteiger partial charge is 0.380 e. The lowest BCUT2D eigenvalue weighted by Crippen LogP contribution is -2.31. The maximum absolute atomic E-state index is 13.1. The van der Waals surface area contributed by atoms with Crippen molar-refractivity contribution >= 4 is 23.4 Å². The summed E-state index contributed by atoms with van der Waals surface area (Å²) in [5.74, 6) is 2.01. The Morgan fingerprint density at radius 2 is 1.82 bits per heavy atom. The van der Waals surface area contributed by atoms with Crippen LogP contribution in [-0.4, -0.2) is 53.1 Å². The van der Waals surface area contributed by atoms with Crippen molar-refractivity contribution < 1.29 is 9.53 Å². The van der Waals surface area contributed by atoms with Crippen LogP contribution in [0.3, 0.4) is 0 Å². The smallest absolute Gasteiger partial charge is 0.273 e. The SMILES string of the molecule is COC1CCN(c2nc(Nc3ccc(C4CCCCC4)cc3)c3c(n2)C(=O)N(C(C)C)C3)C1. The van der Waals surface area contributed by atoms with Crippen molar-refractivity contribution in [1.82, 2.24) is 14.9 Å². The predicted octanol–water partition coefficient (Wildman–Crippen LogP) is 4.86. The van der Waals surface area contributed by atoms with Gasteiger partial charge in [0.25, 0.3) is 5.91 Å². The third-order valence-electron chi connectivity index (χ3n) is 7.42. The molecule has 1 N–H and O–H groups in total. The first-order valence-electron chi connectivity index (χ1n) is 12.4. The van der Waals surface area contributed by atoms with E-state index in [0.717, 1.165) is 36.6 Å². The van der Waals surface area contributed by atoms with Crippen LogP contribution in [0.1, 0.15) is 79.9 Å². The van der Waals surface area contributed by atoms with Gasteiger partial charge in [0, 0.05) is 37.5 Å². The van der Waals surface area contributed by atoms with Crippen molar-refractivity contribution in [2.45, 2.75) is 77.0 Å². The zero-order valence-electron chi connectivity index (χ0n) is 20.0. The van der Waals surface area contributed by atoms with Gasteiger partial charge in [-0.2, -0.15) is 4.98 Å². The number of aromatic nitrogens is 2.